The number of halogens is 2. The molecule has 0 heterocycles. The molecule has 2 nitrogen and oxygen atoms in total. The van der Waals surface area contributed by atoms with Crippen LogP contribution < -0.4 is 9.80 Å². The van der Waals surface area contributed by atoms with E-state index in [-0.39, 0.29) is 11.6 Å². The van der Waals surface area contributed by atoms with Gasteiger partial charge in [0.25, 0.3) is 0 Å². The highest BCUT2D eigenvalue weighted by atomic mass is 19.1. The van der Waals surface area contributed by atoms with Crippen LogP contribution in [0.5, 0.6) is 0 Å². The minimum atomic E-state index is -0.658. The molecule has 0 atom stereocenters. The van der Waals surface area contributed by atoms with Crippen molar-refractivity contribution in [3.8, 4) is 22.3 Å². The van der Waals surface area contributed by atoms with Gasteiger partial charge in [-0.15, -0.1) is 0 Å². The van der Waals surface area contributed by atoms with Gasteiger partial charge in [-0.2, -0.15) is 0 Å². The third kappa shape index (κ3) is 5.50. The Hall–Kier alpha value is -8.34. The van der Waals surface area contributed by atoms with Crippen LogP contribution in [-0.2, 0) is 5.41 Å². The van der Waals surface area contributed by atoms with Gasteiger partial charge in [-0.25, -0.2) is 8.78 Å². The summed E-state index contributed by atoms with van der Waals surface area (Å²) in [6.07, 6.45) is 0. The first kappa shape index (κ1) is 37.2. The summed E-state index contributed by atoms with van der Waals surface area (Å²) in [6, 6.07) is 79.3. The van der Waals surface area contributed by atoms with E-state index < -0.39 is 5.41 Å². The number of para-hydroxylation sites is 2. The van der Waals surface area contributed by atoms with E-state index in [1.807, 2.05) is 60.7 Å². The first-order chi connectivity index (χ1) is 32.1. The van der Waals surface area contributed by atoms with Gasteiger partial charge in [-0.3, -0.25) is 0 Å². The lowest BCUT2D eigenvalue weighted by molar-refractivity contribution is 0.627. The highest BCUT2D eigenvalue weighted by Gasteiger charge is 2.53. The van der Waals surface area contributed by atoms with Gasteiger partial charge in [0.2, 0.25) is 0 Å². The van der Waals surface area contributed by atoms with E-state index in [9.17, 15) is 8.78 Å². The average molecular weight is 837 g/mol. The Labute approximate surface area is 375 Å². The van der Waals surface area contributed by atoms with Crippen LogP contribution in [0.3, 0.4) is 0 Å². The zero-order valence-corrected chi connectivity index (χ0v) is 35.1. The lowest BCUT2D eigenvalue weighted by Crippen LogP contribution is -2.26. The largest absolute Gasteiger partial charge is 0.310 e. The van der Waals surface area contributed by atoms with Crippen LogP contribution in [-0.4, -0.2) is 0 Å². The smallest absolute Gasteiger partial charge is 0.123 e. The third-order valence-corrected chi connectivity index (χ3v) is 13.7. The van der Waals surface area contributed by atoms with Crippen molar-refractivity contribution >= 4 is 66.4 Å². The second kappa shape index (κ2) is 14.3. The van der Waals surface area contributed by atoms with Gasteiger partial charge >= 0.3 is 0 Å². The van der Waals surface area contributed by atoms with Gasteiger partial charge in [0.15, 0.2) is 0 Å². The van der Waals surface area contributed by atoms with Gasteiger partial charge in [0.05, 0.1) is 5.41 Å². The fraction of sp³-hybridized carbons (Fsp3) is 0.0164. The molecule has 0 aromatic heterocycles. The summed E-state index contributed by atoms with van der Waals surface area (Å²) in [5, 5.41) is 7.05. The maximum Gasteiger partial charge on any atom is 0.123 e. The van der Waals surface area contributed by atoms with Crippen LogP contribution in [0.15, 0.2) is 231 Å². The Morgan fingerprint density at radius 1 is 0.292 bits per heavy atom. The molecule has 0 saturated carbocycles. The minimum absolute atomic E-state index is 0.268. The number of rotatable bonds is 6. The maximum absolute atomic E-state index is 14.3. The Morgan fingerprint density at radius 2 is 0.738 bits per heavy atom. The van der Waals surface area contributed by atoms with Crippen molar-refractivity contribution in [2.75, 3.05) is 9.80 Å². The van der Waals surface area contributed by atoms with E-state index in [2.05, 4.69) is 155 Å². The molecule has 2 aliphatic rings. The van der Waals surface area contributed by atoms with Crippen LogP contribution in [0, 0.1) is 11.6 Å². The zero-order valence-electron chi connectivity index (χ0n) is 35.1. The van der Waals surface area contributed by atoms with E-state index in [4.69, 9.17) is 0 Å². The number of hydrogen-bond acceptors (Lipinski definition) is 2. The SMILES string of the molecule is Fc1ccc(N(c2ccccc2)c2ccc3c4c(ccc3c2)-c2ccc3cc(N(c5ccccc5)c5ccc(F)cc5)ccc3c2C42c3ccccc3-c3c2ccc2ccccc32)cc1. The fourth-order valence-corrected chi connectivity index (χ4v) is 11.1. The summed E-state index contributed by atoms with van der Waals surface area (Å²) in [6.45, 7) is 0. The molecule has 0 amide bonds. The first-order valence-electron chi connectivity index (χ1n) is 22.0. The molecule has 1 spiro atoms. The third-order valence-electron chi connectivity index (χ3n) is 13.7. The van der Waals surface area contributed by atoms with Crippen molar-refractivity contribution in [2.24, 2.45) is 0 Å². The second-order valence-electron chi connectivity index (χ2n) is 17.1. The highest BCUT2D eigenvalue weighted by Crippen LogP contribution is 2.66. The van der Waals surface area contributed by atoms with Gasteiger partial charge < -0.3 is 9.80 Å². The summed E-state index contributed by atoms with van der Waals surface area (Å²) in [5.41, 5.74) is 15.1. The monoisotopic (exact) mass is 836 g/mol. The fourth-order valence-electron chi connectivity index (χ4n) is 11.1. The predicted octanol–water partition coefficient (Wildman–Crippen LogP) is 16.7. The Morgan fingerprint density at radius 3 is 1.29 bits per heavy atom. The van der Waals surface area contributed by atoms with E-state index >= 15 is 0 Å². The number of benzene rings is 11. The van der Waals surface area contributed by atoms with Crippen molar-refractivity contribution in [1.82, 2.24) is 0 Å². The van der Waals surface area contributed by atoms with Crippen LogP contribution in [0.2, 0.25) is 0 Å². The van der Waals surface area contributed by atoms with E-state index in [1.54, 1.807) is 0 Å². The number of nitrogens with zero attached hydrogens (tertiary/aromatic N) is 2. The van der Waals surface area contributed by atoms with E-state index in [0.29, 0.717) is 0 Å². The molecule has 0 radical (unpaired) electrons. The van der Waals surface area contributed by atoms with Crippen LogP contribution >= 0.6 is 0 Å². The van der Waals surface area contributed by atoms with Gasteiger partial charge in [-0.05, 0) is 174 Å². The molecule has 0 fully saturated rings. The van der Waals surface area contributed by atoms with Crippen molar-refractivity contribution < 1.29 is 8.78 Å². The predicted molar refractivity (Wildman–Crippen MR) is 265 cm³/mol. The molecule has 11 aromatic carbocycles. The zero-order chi connectivity index (χ0) is 43.2. The van der Waals surface area contributed by atoms with E-state index in [0.717, 1.165) is 44.9 Å². The normalized spacial score (nSPS) is 12.9. The average Bonchev–Trinajstić information content (AvgIpc) is 3.84. The molecule has 65 heavy (non-hydrogen) atoms. The minimum Gasteiger partial charge on any atom is -0.310 e. The molecular formula is C61H38F2N2. The van der Waals surface area contributed by atoms with Gasteiger partial charge in [-0.1, -0.05) is 133 Å². The topological polar surface area (TPSA) is 6.48 Å². The number of fused-ring (bicyclic) bond motifs is 16. The van der Waals surface area contributed by atoms with Crippen molar-refractivity contribution in [1.29, 1.82) is 0 Å². The molecule has 0 saturated heterocycles. The molecule has 11 aromatic rings. The van der Waals surface area contributed by atoms with Crippen LogP contribution in [0.1, 0.15) is 22.3 Å². The summed E-state index contributed by atoms with van der Waals surface area (Å²) in [7, 11) is 0. The summed E-state index contributed by atoms with van der Waals surface area (Å²) in [5.74, 6) is -0.536. The Balaban J connectivity index is 1.09. The molecule has 0 bridgehead atoms. The molecule has 0 aliphatic heterocycles. The lowest BCUT2D eigenvalue weighted by Gasteiger charge is -2.33. The molecular weight excluding hydrogens is 799 g/mol. The molecule has 0 N–H and O–H groups in total. The van der Waals surface area contributed by atoms with Gasteiger partial charge in [0, 0.05) is 34.1 Å². The molecule has 4 heteroatoms. The van der Waals surface area contributed by atoms with E-state index in [1.165, 1.54) is 90.3 Å². The van der Waals surface area contributed by atoms with Gasteiger partial charge in [0.1, 0.15) is 11.6 Å². The summed E-state index contributed by atoms with van der Waals surface area (Å²) in [4.78, 5) is 4.39. The summed E-state index contributed by atoms with van der Waals surface area (Å²) >= 11 is 0. The first-order valence-corrected chi connectivity index (χ1v) is 22.0. The molecule has 0 unspecified atom stereocenters. The standard InChI is InChI=1S/C61H38F2N2/c62-42-22-26-46(27-23-42)64(44-12-3-1-4-13-44)48-30-34-51-40(37-48)19-32-53-54-33-20-41-38-49(65(45-14-5-2-6-15-45)47-28-24-43(63)25-29-47)31-35-52(41)60(54)61(59(51)53)56-18-10-9-17-55(56)58-50-16-8-7-11-39(50)21-36-57(58)61/h1-38H. The van der Waals surface area contributed by atoms with Crippen LogP contribution in [0.25, 0.3) is 54.6 Å². The molecule has 306 valence electrons. The molecule has 2 aliphatic carbocycles. The number of hydrogen-bond donors (Lipinski definition) is 0. The second-order valence-corrected chi connectivity index (χ2v) is 17.1. The number of anilines is 6. The van der Waals surface area contributed by atoms with Crippen molar-refractivity contribution in [2.45, 2.75) is 5.41 Å². The quantitative estimate of drug-likeness (QED) is 0.165. The summed E-state index contributed by atoms with van der Waals surface area (Å²) < 4.78 is 28.6. The highest BCUT2D eigenvalue weighted by molar-refractivity contribution is 6.13. The Kier molecular flexibility index (Phi) is 8.22. The van der Waals surface area contributed by atoms with Crippen molar-refractivity contribution in [3.63, 3.8) is 0 Å². The lowest BCUT2D eigenvalue weighted by atomic mass is 9.68. The maximum atomic E-state index is 14.3. The van der Waals surface area contributed by atoms with Crippen LogP contribution in [0.4, 0.5) is 42.9 Å². The Bertz CT molecular complexity index is 3500. The molecule has 13 rings (SSSR count). The van der Waals surface area contributed by atoms with Crippen molar-refractivity contribution in [3.05, 3.63) is 264 Å².